The quantitative estimate of drug-likeness (QED) is 0.541. The van der Waals surface area contributed by atoms with E-state index in [9.17, 15) is 4.39 Å². The van der Waals surface area contributed by atoms with Crippen molar-refractivity contribution in [2.45, 2.75) is 31.2 Å². The lowest BCUT2D eigenvalue weighted by Gasteiger charge is -2.25. The van der Waals surface area contributed by atoms with Crippen molar-refractivity contribution in [2.24, 2.45) is 12.0 Å². The third kappa shape index (κ3) is 4.90. The van der Waals surface area contributed by atoms with Crippen LogP contribution in [-0.2, 0) is 12.5 Å². The maximum atomic E-state index is 13.6. The van der Waals surface area contributed by atoms with Crippen molar-refractivity contribution in [1.82, 2.24) is 25.3 Å². The van der Waals surface area contributed by atoms with Gasteiger partial charge in [-0.3, -0.25) is 9.67 Å². The molecule has 0 spiro atoms. The van der Waals surface area contributed by atoms with Crippen LogP contribution in [0.15, 0.2) is 41.7 Å². The Balaban J connectivity index is 1.67. The lowest BCUT2D eigenvalue weighted by atomic mass is 9.96. The Morgan fingerprint density at radius 1 is 1.36 bits per heavy atom. The second-order valence-electron chi connectivity index (χ2n) is 7.79. The Labute approximate surface area is 166 Å². The molecule has 1 atom stereocenters. The topological polar surface area (TPSA) is 57.5 Å². The molecule has 0 saturated heterocycles. The first-order valence-electron chi connectivity index (χ1n) is 9.87. The molecule has 1 fully saturated rings. The lowest BCUT2D eigenvalue weighted by Crippen LogP contribution is -2.42. The number of benzene rings is 1. The summed E-state index contributed by atoms with van der Waals surface area (Å²) < 4.78 is 15.4. The summed E-state index contributed by atoms with van der Waals surface area (Å²) in [6, 6.07) is 7.13. The van der Waals surface area contributed by atoms with Crippen molar-refractivity contribution in [3.63, 3.8) is 0 Å². The Hall–Kier alpha value is -2.41. The van der Waals surface area contributed by atoms with E-state index < -0.39 is 0 Å². The number of nitrogens with zero attached hydrogens (tertiary/aromatic N) is 4. The molecule has 2 N–H and O–H groups in total. The highest BCUT2D eigenvalue weighted by molar-refractivity contribution is 5.80. The molecule has 1 saturated carbocycles. The fraction of sp³-hybridized carbons (Fsp3) is 0.524. The minimum Gasteiger partial charge on any atom is -0.357 e. The molecule has 1 aliphatic carbocycles. The number of nitrogens with one attached hydrogen (secondary N) is 2. The number of guanidine groups is 1. The van der Waals surface area contributed by atoms with Crippen LogP contribution in [0.4, 0.5) is 4.39 Å². The maximum absolute atomic E-state index is 13.6. The van der Waals surface area contributed by atoms with Crippen LogP contribution in [0.1, 0.15) is 36.9 Å². The molecule has 0 amide bonds. The first-order chi connectivity index (χ1) is 13.4. The van der Waals surface area contributed by atoms with E-state index in [1.807, 2.05) is 30.2 Å². The Kier molecular flexibility index (Phi) is 6.34. The van der Waals surface area contributed by atoms with Gasteiger partial charge in [0.2, 0.25) is 0 Å². The minimum atomic E-state index is -0.178. The maximum Gasteiger partial charge on any atom is 0.191 e. The van der Waals surface area contributed by atoms with E-state index >= 15 is 0 Å². The number of rotatable bonds is 8. The number of aliphatic imine (C=N–C) groups is 1. The molecule has 3 rings (SSSR count). The number of halogens is 1. The van der Waals surface area contributed by atoms with Crippen LogP contribution in [0.3, 0.4) is 0 Å². The predicted molar refractivity (Wildman–Crippen MR) is 111 cm³/mol. The van der Waals surface area contributed by atoms with Gasteiger partial charge >= 0.3 is 0 Å². The predicted octanol–water partition coefficient (Wildman–Crippen LogP) is 2.45. The first kappa shape index (κ1) is 20.3. The van der Waals surface area contributed by atoms with Crippen LogP contribution in [0.25, 0.3) is 0 Å². The third-order valence-electron chi connectivity index (χ3n) is 5.37. The lowest BCUT2D eigenvalue weighted by molar-refractivity contribution is 0.298. The van der Waals surface area contributed by atoms with Crippen molar-refractivity contribution in [1.29, 1.82) is 0 Å². The summed E-state index contributed by atoms with van der Waals surface area (Å²) in [5.41, 5.74) is 2.19. The van der Waals surface area contributed by atoms with E-state index in [4.69, 9.17) is 4.99 Å². The largest absolute Gasteiger partial charge is 0.357 e. The van der Waals surface area contributed by atoms with E-state index in [1.165, 1.54) is 6.07 Å². The molecule has 6 nitrogen and oxygen atoms in total. The van der Waals surface area contributed by atoms with Gasteiger partial charge < -0.3 is 15.5 Å². The molecule has 7 heteroatoms. The van der Waals surface area contributed by atoms with Crippen molar-refractivity contribution in [2.75, 3.05) is 33.7 Å². The summed E-state index contributed by atoms with van der Waals surface area (Å²) in [5.74, 6) is 0.615. The second kappa shape index (κ2) is 8.73. The van der Waals surface area contributed by atoms with Crippen LogP contribution in [-0.4, -0.2) is 54.4 Å². The van der Waals surface area contributed by atoms with Crippen molar-refractivity contribution in [3.05, 3.63) is 53.6 Å². The van der Waals surface area contributed by atoms with Crippen LogP contribution >= 0.6 is 0 Å². The summed E-state index contributed by atoms with van der Waals surface area (Å²) >= 11 is 0. The molecule has 1 aromatic heterocycles. The summed E-state index contributed by atoms with van der Waals surface area (Å²) in [4.78, 5) is 6.99. The molecular weight excluding hydrogens is 355 g/mol. The summed E-state index contributed by atoms with van der Waals surface area (Å²) in [7, 11) is 6.05. The van der Waals surface area contributed by atoms with E-state index in [2.05, 4.69) is 41.7 Å². The molecule has 1 unspecified atom stereocenters. The highest BCUT2D eigenvalue weighted by atomic mass is 19.1. The molecule has 2 aromatic rings. The van der Waals surface area contributed by atoms with Gasteiger partial charge in [0.25, 0.3) is 0 Å². The second-order valence-corrected chi connectivity index (χ2v) is 7.79. The zero-order valence-corrected chi connectivity index (χ0v) is 17.2. The average Bonchev–Trinajstić information content (AvgIpc) is 3.34. The van der Waals surface area contributed by atoms with Gasteiger partial charge in [-0.2, -0.15) is 5.10 Å². The average molecular weight is 387 g/mol. The van der Waals surface area contributed by atoms with Crippen LogP contribution < -0.4 is 10.6 Å². The third-order valence-corrected chi connectivity index (χ3v) is 5.37. The standard InChI is InChI=1S/C21H31FN6/c1-5-23-20(24-13-19(27(2)3)16-12-26-28(4)14-16)25-15-21(9-10-21)17-7-6-8-18(22)11-17/h6-8,11-12,14,19H,5,9-10,13,15H2,1-4H3,(H2,23,24,25). The van der Waals surface area contributed by atoms with Gasteiger partial charge in [0, 0.05) is 37.3 Å². The monoisotopic (exact) mass is 386 g/mol. The van der Waals surface area contributed by atoms with Crippen LogP contribution in [0, 0.1) is 5.82 Å². The van der Waals surface area contributed by atoms with Crippen molar-refractivity contribution < 1.29 is 4.39 Å². The zero-order valence-electron chi connectivity index (χ0n) is 17.2. The molecule has 0 aliphatic heterocycles. The van der Waals surface area contributed by atoms with E-state index in [-0.39, 0.29) is 17.3 Å². The number of likely N-dealkylation sites (N-methyl/N-ethyl adjacent to an activating group) is 1. The van der Waals surface area contributed by atoms with Gasteiger partial charge in [-0.15, -0.1) is 0 Å². The molecule has 1 aromatic carbocycles. The Morgan fingerprint density at radius 2 is 2.14 bits per heavy atom. The Morgan fingerprint density at radius 3 is 2.71 bits per heavy atom. The van der Waals surface area contributed by atoms with Crippen molar-refractivity contribution in [3.8, 4) is 0 Å². The van der Waals surface area contributed by atoms with Gasteiger partial charge in [0.15, 0.2) is 5.96 Å². The highest BCUT2D eigenvalue weighted by Gasteiger charge is 2.44. The molecule has 0 bridgehead atoms. The SMILES string of the molecule is CCNC(=NCC1(c2cccc(F)c2)CC1)NCC(c1cnn(C)c1)N(C)C. The normalized spacial score (nSPS) is 16.9. The number of hydrogen-bond donors (Lipinski definition) is 2. The highest BCUT2D eigenvalue weighted by Crippen LogP contribution is 2.48. The van der Waals surface area contributed by atoms with Gasteiger partial charge in [-0.25, -0.2) is 4.39 Å². The van der Waals surface area contributed by atoms with Gasteiger partial charge in [-0.05, 0) is 51.6 Å². The van der Waals surface area contributed by atoms with E-state index in [0.717, 1.165) is 43.0 Å². The van der Waals surface area contributed by atoms with Crippen molar-refractivity contribution >= 4 is 5.96 Å². The molecule has 1 heterocycles. The molecular formula is C21H31FN6. The number of aromatic nitrogens is 2. The molecule has 0 radical (unpaired) electrons. The molecule has 1 aliphatic rings. The molecule has 152 valence electrons. The van der Waals surface area contributed by atoms with Gasteiger partial charge in [0.1, 0.15) is 5.82 Å². The smallest absolute Gasteiger partial charge is 0.191 e. The van der Waals surface area contributed by atoms with Gasteiger partial charge in [0.05, 0.1) is 18.8 Å². The number of aryl methyl sites for hydroxylation is 1. The summed E-state index contributed by atoms with van der Waals surface area (Å²) in [6.45, 7) is 4.22. The molecule has 28 heavy (non-hydrogen) atoms. The fourth-order valence-corrected chi connectivity index (χ4v) is 3.48. The Bertz CT molecular complexity index is 809. The van der Waals surface area contributed by atoms with Crippen LogP contribution in [0.2, 0.25) is 0 Å². The van der Waals surface area contributed by atoms with Crippen LogP contribution in [0.5, 0.6) is 0 Å². The fourth-order valence-electron chi connectivity index (χ4n) is 3.48. The zero-order chi connectivity index (χ0) is 20.1. The summed E-state index contributed by atoms with van der Waals surface area (Å²) in [6.07, 6.45) is 6.05. The van der Waals surface area contributed by atoms with Gasteiger partial charge in [-0.1, -0.05) is 12.1 Å². The first-order valence-corrected chi connectivity index (χ1v) is 9.87. The van der Waals surface area contributed by atoms with E-state index in [1.54, 1.807) is 12.1 Å². The van der Waals surface area contributed by atoms with E-state index in [0.29, 0.717) is 6.54 Å². The number of hydrogen-bond acceptors (Lipinski definition) is 3. The summed E-state index contributed by atoms with van der Waals surface area (Å²) in [5, 5.41) is 11.1. The minimum absolute atomic E-state index is 0.0191.